The highest BCUT2D eigenvalue weighted by Crippen LogP contribution is 2.17. The summed E-state index contributed by atoms with van der Waals surface area (Å²) < 4.78 is 25.8. The average Bonchev–Trinajstić information content (AvgIpc) is 2.40. The van der Waals surface area contributed by atoms with Crippen molar-refractivity contribution in [3.8, 4) is 0 Å². The molecule has 1 heterocycles. The fourth-order valence-electron chi connectivity index (χ4n) is 1.90. The minimum Gasteiger partial charge on any atom is -0.340 e. The van der Waals surface area contributed by atoms with Crippen molar-refractivity contribution in [1.82, 2.24) is 4.98 Å². The molecule has 2 N–H and O–H groups in total. The molecule has 21 heavy (non-hydrogen) atoms. The topological polar surface area (TPSA) is 71.1 Å². The van der Waals surface area contributed by atoms with Crippen LogP contribution in [0.15, 0.2) is 42.6 Å². The van der Waals surface area contributed by atoms with Crippen LogP contribution in [-0.4, -0.2) is 19.2 Å². The van der Waals surface area contributed by atoms with E-state index < -0.39 is 10.0 Å². The highest BCUT2D eigenvalue weighted by molar-refractivity contribution is 7.92. The number of benzene rings is 1. The van der Waals surface area contributed by atoms with E-state index in [4.69, 9.17) is 0 Å². The normalized spacial score (nSPS) is 11.1. The number of hydrogen-bond donors (Lipinski definition) is 2. The number of nitrogens with zero attached hydrogens (tertiary/aromatic N) is 1. The van der Waals surface area contributed by atoms with Crippen LogP contribution in [0.2, 0.25) is 0 Å². The van der Waals surface area contributed by atoms with Gasteiger partial charge in [0.25, 0.3) is 0 Å². The van der Waals surface area contributed by atoms with E-state index in [1.165, 1.54) is 6.20 Å². The summed E-state index contributed by atoms with van der Waals surface area (Å²) in [6.45, 7) is 3.84. The lowest BCUT2D eigenvalue weighted by molar-refractivity contribution is 0.600. The molecule has 0 aliphatic carbocycles. The van der Waals surface area contributed by atoms with E-state index in [1.807, 2.05) is 38.1 Å². The number of anilines is 3. The molecule has 0 saturated carbocycles. The Balaban J connectivity index is 2.05. The first kappa shape index (κ1) is 15.3. The molecule has 0 radical (unpaired) electrons. The van der Waals surface area contributed by atoms with Crippen molar-refractivity contribution in [3.05, 3.63) is 48.2 Å². The highest BCUT2D eigenvalue weighted by atomic mass is 32.2. The maximum Gasteiger partial charge on any atom is 0.232 e. The highest BCUT2D eigenvalue weighted by Gasteiger charge is 2.08. The second-order valence-electron chi connectivity index (χ2n) is 4.85. The quantitative estimate of drug-likeness (QED) is 0.859. The molecule has 0 fully saturated rings. The van der Waals surface area contributed by atoms with Crippen LogP contribution in [0.3, 0.4) is 0 Å². The Morgan fingerprint density at radius 2 is 1.95 bits per heavy atom. The predicted octanol–water partition coefficient (Wildman–Crippen LogP) is 3.29. The number of sulfonamides is 1. The van der Waals surface area contributed by atoms with Crippen LogP contribution in [0.1, 0.15) is 18.9 Å². The molecule has 0 bridgehead atoms. The maximum absolute atomic E-state index is 11.7. The summed E-state index contributed by atoms with van der Waals surface area (Å²) in [5, 5.41) is 3.17. The van der Waals surface area contributed by atoms with E-state index in [-0.39, 0.29) is 5.75 Å². The molecule has 2 aromatic rings. The Kier molecular flexibility index (Phi) is 4.80. The molecule has 5 nitrogen and oxygen atoms in total. The summed E-state index contributed by atoms with van der Waals surface area (Å²) in [5.74, 6) is 0.773. The van der Waals surface area contributed by atoms with Crippen LogP contribution in [0.4, 0.5) is 17.2 Å². The van der Waals surface area contributed by atoms with Crippen LogP contribution < -0.4 is 10.0 Å². The number of aromatic nitrogens is 1. The van der Waals surface area contributed by atoms with Gasteiger partial charge in [-0.1, -0.05) is 19.1 Å². The van der Waals surface area contributed by atoms with Gasteiger partial charge in [-0.25, -0.2) is 13.4 Å². The Morgan fingerprint density at radius 1 is 1.14 bits per heavy atom. The molecule has 0 atom stereocenters. The molecular formula is C15H19N3O2S. The zero-order valence-corrected chi connectivity index (χ0v) is 12.9. The summed E-state index contributed by atoms with van der Waals surface area (Å²) in [4.78, 5) is 4.21. The SMILES string of the molecule is CCCS(=O)(=O)Nc1ccc(Nc2cccc(C)c2)nc1. The minimum absolute atomic E-state index is 0.107. The fourth-order valence-corrected chi connectivity index (χ4v) is 3.02. The first-order chi connectivity index (χ1) is 9.98. The zero-order chi connectivity index (χ0) is 15.3. The van der Waals surface area contributed by atoms with Crippen LogP contribution >= 0.6 is 0 Å². The van der Waals surface area contributed by atoms with E-state index in [1.54, 1.807) is 12.1 Å². The van der Waals surface area contributed by atoms with E-state index in [0.717, 1.165) is 11.3 Å². The van der Waals surface area contributed by atoms with Gasteiger partial charge < -0.3 is 5.32 Å². The molecule has 0 aliphatic rings. The standard InChI is InChI=1S/C15H19N3O2S/c1-3-9-21(19,20)18-14-7-8-15(16-11-14)17-13-6-4-5-12(2)10-13/h4-8,10-11,18H,3,9H2,1-2H3,(H,16,17). The number of nitrogens with one attached hydrogen (secondary N) is 2. The molecule has 0 amide bonds. The Labute approximate surface area is 125 Å². The van der Waals surface area contributed by atoms with Crippen LogP contribution in [-0.2, 0) is 10.0 Å². The molecule has 6 heteroatoms. The van der Waals surface area contributed by atoms with Crippen molar-refractivity contribution in [2.45, 2.75) is 20.3 Å². The molecule has 2 rings (SSSR count). The summed E-state index contributed by atoms with van der Waals surface area (Å²) in [6, 6.07) is 11.4. The van der Waals surface area contributed by atoms with Crippen LogP contribution in [0.5, 0.6) is 0 Å². The van der Waals surface area contributed by atoms with Gasteiger partial charge in [0, 0.05) is 5.69 Å². The third-order valence-corrected chi connectivity index (χ3v) is 4.29. The predicted molar refractivity (Wildman–Crippen MR) is 86.4 cm³/mol. The van der Waals surface area contributed by atoms with Gasteiger partial charge in [-0.3, -0.25) is 4.72 Å². The molecule has 0 saturated heterocycles. The molecule has 0 aliphatic heterocycles. The summed E-state index contributed by atoms with van der Waals surface area (Å²) in [7, 11) is -3.27. The van der Waals surface area contributed by atoms with Crippen molar-refractivity contribution in [2.24, 2.45) is 0 Å². The average molecular weight is 305 g/mol. The van der Waals surface area contributed by atoms with E-state index in [0.29, 0.717) is 17.9 Å². The van der Waals surface area contributed by atoms with E-state index in [2.05, 4.69) is 15.0 Å². The van der Waals surface area contributed by atoms with Gasteiger partial charge in [0.2, 0.25) is 10.0 Å². The monoisotopic (exact) mass is 305 g/mol. The lowest BCUT2D eigenvalue weighted by Gasteiger charge is -2.09. The van der Waals surface area contributed by atoms with Gasteiger partial charge in [0.15, 0.2) is 0 Å². The summed E-state index contributed by atoms with van der Waals surface area (Å²) >= 11 is 0. The molecular weight excluding hydrogens is 286 g/mol. The van der Waals surface area contributed by atoms with Crippen molar-refractivity contribution < 1.29 is 8.42 Å². The third kappa shape index (κ3) is 4.75. The van der Waals surface area contributed by atoms with Crippen molar-refractivity contribution in [2.75, 3.05) is 15.8 Å². The van der Waals surface area contributed by atoms with Gasteiger partial charge >= 0.3 is 0 Å². The van der Waals surface area contributed by atoms with E-state index >= 15 is 0 Å². The molecule has 0 unspecified atom stereocenters. The largest absolute Gasteiger partial charge is 0.340 e. The van der Waals surface area contributed by atoms with Gasteiger partial charge in [-0.2, -0.15) is 0 Å². The van der Waals surface area contributed by atoms with E-state index in [9.17, 15) is 8.42 Å². The number of aryl methyl sites for hydroxylation is 1. The summed E-state index contributed by atoms with van der Waals surface area (Å²) in [5.41, 5.74) is 2.57. The number of pyridine rings is 1. The Bertz CT molecular complexity index is 697. The maximum atomic E-state index is 11.7. The first-order valence-corrected chi connectivity index (χ1v) is 8.44. The lowest BCUT2D eigenvalue weighted by Crippen LogP contribution is -2.16. The van der Waals surface area contributed by atoms with Crippen LogP contribution in [0, 0.1) is 6.92 Å². The van der Waals surface area contributed by atoms with Crippen molar-refractivity contribution in [3.63, 3.8) is 0 Å². The first-order valence-electron chi connectivity index (χ1n) is 6.79. The second kappa shape index (κ2) is 6.58. The van der Waals surface area contributed by atoms with Gasteiger partial charge in [-0.05, 0) is 43.2 Å². The van der Waals surface area contributed by atoms with Gasteiger partial charge in [0.1, 0.15) is 5.82 Å². The third-order valence-electron chi connectivity index (χ3n) is 2.80. The summed E-state index contributed by atoms with van der Waals surface area (Å²) in [6.07, 6.45) is 2.08. The van der Waals surface area contributed by atoms with Gasteiger partial charge in [-0.15, -0.1) is 0 Å². The minimum atomic E-state index is -3.27. The zero-order valence-electron chi connectivity index (χ0n) is 12.1. The molecule has 1 aromatic carbocycles. The molecule has 112 valence electrons. The second-order valence-corrected chi connectivity index (χ2v) is 6.69. The molecule has 1 aromatic heterocycles. The number of hydrogen-bond acceptors (Lipinski definition) is 4. The van der Waals surface area contributed by atoms with Gasteiger partial charge in [0.05, 0.1) is 17.6 Å². The molecule has 0 spiro atoms. The Hall–Kier alpha value is -2.08. The number of rotatable bonds is 6. The van der Waals surface area contributed by atoms with Crippen molar-refractivity contribution in [1.29, 1.82) is 0 Å². The van der Waals surface area contributed by atoms with Crippen molar-refractivity contribution >= 4 is 27.2 Å². The smallest absolute Gasteiger partial charge is 0.232 e. The van der Waals surface area contributed by atoms with Crippen LogP contribution in [0.25, 0.3) is 0 Å². The lowest BCUT2D eigenvalue weighted by atomic mass is 10.2. The fraction of sp³-hybridized carbons (Fsp3) is 0.267. The Morgan fingerprint density at radius 3 is 2.57 bits per heavy atom.